The Morgan fingerprint density at radius 3 is 2.57 bits per heavy atom. The molecular formula is C8H5FINO3. The summed E-state index contributed by atoms with van der Waals surface area (Å²) in [6, 6.07) is 3.63. The van der Waals surface area contributed by atoms with Crippen LogP contribution in [0.4, 0.5) is 10.1 Å². The van der Waals surface area contributed by atoms with Crippen molar-refractivity contribution < 1.29 is 19.1 Å². The van der Waals surface area contributed by atoms with Crippen molar-refractivity contribution in [3.8, 4) is 0 Å². The SMILES string of the molecule is O=C(O)C(=O)Nc1ccc(F)cc1I. The molecule has 0 heterocycles. The largest absolute Gasteiger partial charge is 0.474 e. The highest BCUT2D eigenvalue weighted by molar-refractivity contribution is 14.1. The van der Waals surface area contributed by atoms with Crippen molar-refractivity contribution >= 4 is 40.2 Å². The molecule has 74 valence electrons. The lowest BCUT2D eigenvalue weighted by atomic mass is 10.3. The molecule has 1 amide bonds. The van der Waals surface area contributed by atoms with Crippen molar-refractivity contribution in [2.75, 3.05) is 5.32 Å². The fraction of sp³-hybridized carbons (Fsp3) is 0. The zero-order chi connectivity index (χ0) is 10.7. The van der Waals surface area contributed by atoms with Gasteiger partial charge in [-0.2, -0.15) is 0 Å². The number of carboxylic acid groups (broad SMARTS) is 1. The highest BCUT2D eigenvalue weighted by Crippen LogP contribution is 2.18. The monoisotopic (exact) mass is 309 g/mol. The summed E-state index contributed by atoms with van der Waals surface area (Å²) in [7, 11) is 0. The molecule has 0 atom stereocenters. The van der Waals surface area contributed by atoms with Crippen LogP contribution in [-0.4, -0.2) is 17.0 Å². The van der Waals surface area contributed by atoms with Crippen LogP contribution in [0.25, 0.3) is 0 Å². The molecule has 0 saturated heterocycles. The molecule has 14 heavy (non-hydrogen) atoms. The normalized spacial score (nSPS) is 9.57. The lowest BCUT2D eigenvalue weighted by molar-refractivity contribution is -0.147. The molecule has 4 nitrogen and oxygen atoms in total. The smallest absolute Gasteiger partial charge is 0.394 e. The van der Waals surface area contributed by atoms with E-state index < -0.39 is 17.7 Å². The number of aliphatic carboxylic acids is 1. The molecule has 0 aromatic heterocycles. The first-order valence-corrected chi connectivity index (χ1v) is 4.58. The van der Waals surface area contributed by atoms with E-state index in [0.717, 1.165) is 6.07 Å². The van der Waals surface area contributed by atoms with Gasteiger partial charge in [-0.1, -0.05) is 0 Å². The van der Waals surface area contributed by atoms with E-state index in [-0.39, 0.29) is 5.69 Å². The van der Waals surface area contributed by atoms with Crippen LogP contribution in [0.1, 0.15) is 0 Å². The van der Waals surface area contributed by atoms with E-state index in [2.05, 4.69) is 5.32 Å². The number of nitrogens with one attached hydrogen (secondary N) is 1. The van der Waals surface area contributed by atoms with Gasteiger partial charge in [0.05, 0.1) is 5.69 Å². The molecule has 1 aromatic rings. The summed E-state index contributed by atoms with van der Waals surface area (Å²) >= 11 is 1.80. The summed E-state index contributed by atoms with van der Waals surface area (Å²) in [6.45, 7) is 0. The Kier molecular flexibility index (Phi) is 3.39. The molecule has 0 unspecified atom stereocenters. The van der Waals surface area contributed by atoms with E-state index in [4.69, 9.17) is 5.11 Å². The predicted molar refractivity (Wildman–Crippen MR) is 55.4 cm³/mol. The number of carbonyl (C=O) groups excluding carboxylic acids is 1. The molecule has 0 aliphatic heterocycles. The average molecular weight is 309 g/mol. The number of anilines is 1. The quantitative estimate of drug-likeness (QED) is 0.609. The number of halogens is 2. The van der Waals surface area contributed by atoms with Crippen LogP contribution in [0.5, 0.6) is 0 Å². The van der Waals surface area contributed by atoms with Crippen LogP contribution in [0.2, 0.25) is 0 Å². The van der Waals surface area contributed by atoms with Gasteiger partial charge < -0.3 is 10.4 Å². The van der Waals surface area contributed by atoms with Crippen molar-refractivity contribution in [2.24, 2.45) is 0 Å². The lowest BCUT2D eigenvalue weighted by Crippen LogP contribution is -2.22. The summed E-state index contributed by atoms with van der Waals surface area (Å²) in [5, 5.41) is 10.4. The highest BCUT2D eigenvalue weighted by Gasteiger charge is 2.12. The van der Waals surface area contributed by atoms with Gasteiger partial charge in [-0.25, -0.2) is 9.18 Å². The van der Waals surface area contributed by atoms with Crippen LogP contribution in [0, 0.1) is 9.39 Å². The van der Waals surface area contributed by atoms with Gasteiger partial charge in [-0.05, 0) is 40.8 Å². The number of rotatable bonds is 1. The molecule has 0 fully saturated rings. The molecule has 0 radical (unpaired) electrons. The van der Waals surface area contributed by atoms with Crippen LogP contribution < -0.4 is 5.32 Å². The van der Waals surface area contributed by atoms with Gasteiger partial charge in [-0.15, -0.1) is 0 Å². The van der Waals surface area contributed by atoms with Gasteiger partial charge in [0, 0.05) is 3.57 Å². The van der Waals surface area contributed by atoms with E-state index in [9.17, 15) is 14.0 Å². The third-order valence-electron chi connectivity index (χ3n) is 1.37. The number of amides is 1. The molecule has 0 spiro atoms. The van der Waals surface area contributed by atoms with Crippen molar-refractivity contribution in [1.29, 1.82) is 0 Å². The average Bonchev–Trinajstić information content (AvgIpc) is 2.09. The third-order valence-corrected chi connectivity index (χ3v) is 2.27. The summed E-state index contributed by atoms with van der Waals surface area (Å²) in [5.74, 6) is -3.16. The zero-order valence-corrected chi connectivity index (χ0v) is 8.91. The van der Waals surface area contributed by atoms with Crippen molar-refractivity contribution in [1.82, 2.24) is 0 Å². The molecule has 2 N–H and O–H groups in total. The number of hydrogen-bond donors (Lipinski definition) is 2. The van der Waals surface area contributed by atoms with Crippen molar-refractivity contribution in [3.63, 3.8) is 0 Å². The maximum atomic E-state index is 12.6. The molecule has 0 aliphatic rings. The fourth-order valence-corrected chi connectivity index (χ4v) is 1.38. The van der Waals surface area contributed by atoms with Gasteiger partial charge in [-0.3, -0.25) is 4.79 Å². The van der Waals surface area contributed by atoms with Gasteiger partial charge in [0.2, 0.25) is 0 Å². The van der Waals surface area contributed by atoms with E-state index in [0.29, 0.717) is 3.57 Å². The first-order valence-electron chi connectivity index (χ1n) is 3.50. The van der Waals surface area contributed by atoms with Crippen molar-refractivity contribution in [2.45, 2.75) is 0 Å². The van der Waals surface area contributed by atoms with Gasteiger partial charge >= 0.3 is 11.9 Å². The summed E-state index contributed by atoms with van der Waals surface area (Å²) in [5.41, 5.74) is 0.277. The second-order valence-electron chi connectivity index (χ2n) is 2.38. The fourth-order valence-electron chi connectivity index (χ4n) is 0.767. The number of benzene rings is 1. The van der Waals surface area contributed by atoms with E-state index in [1.54, 1.807) is 22.6 Å². The Morgan fingerprint density at radius 1 is 1.43 bits per heavy atom. The standard InChI is InChI=1S/C8H5FINO3/c9-4-1-2-6(5(10)3-4)11-7(12)8(13)14/h1-3H,(H,11,12)(H,13,14). The molecule has 0 bridgehead atoms. The predicted octanol–water partition coefficient (Wildman–Crippen LogP) is 1.45. The zero-order valence-electron chi connectivity index (χ0n) is 6.75. The molecular weight excluding hydrogens is 304 g/mol. The van der Waals surface area contributed by atoms with Gasteiger partial charge in [0.1, 0.15) is 5.82 Å². The Balaban J connectivity index is 2.87. The minimum absolute atomic E-state index is 0.277. The maximum absolute atomic E-state index is 12.6. The number of carbonyl (C=O) groups is 2. The molecule has 1 rings (SSSR count). The van der Waals surface area contributed by atoms with Crippen LogP contribution in [0.15, 0.2) is 18.2 Å². The number of hydrogen-bond acceptors (Lipinski definition) is 2. The minimum Gasteiger partial charge on any atom is -0.474 e. The molecule has 0 saturated carbocycles. The van der Waals surface area contributed by atoms with Crippen molar-refractivity contribution in [3.05, 3.63) is 27.6 Å². The van der Waals surface area contributed by atoms with Crippen LogP contribution >= 0.6 is 22.6 Å². The molecule has 6 heteroatoms. The topological polar surface area (TPSA) is 66.4 Å². The van der Waals surface area contributed by atoms with Crippen LogP contribution in [0.3, 0.4) is 0 Å². The van der Waals surface area contributed by atoms with Gasteiger partial charge in [0.25, 0.3) is 0 Å². The molecule has 1 aromatic carbocycles. The maximum Gasteiger partial charge on any atom is 0.394 e. The third kappa shape index (κ3) is 2.66. The second kappa shape index (κ2) is 4.36. The summed E-state index contributed by atoms with van der Waals surface area (Å²) < 4.78 is 13.1. The lowest BCUT2D eigenvalue weighted by Gasteiger charge is -2.04. The highest BCUT2D eigenvalue weighted by atomic mass is 127. The van der Waals surface area contributed by atoms with Crippen LogP contribution in [-0.2, 0) is 9.59 Å². The summed E-state index contributed by atoms with van der Waals surface area (Å²) in [4.78, 5) is 20.9. The Labute approximate surface area is 92.3 Å². The Hall–Kier alpha value is -1.18. The van der Waals surface area contributed by atoms with E-state index in [1.165, 1.54) is 12.1 Å². The number of carboxylic acids is 1. The Morgan fingerprint density at radius 2 is 2.07 bits per heavy atom. The molecule has 0 aliphatic carbocycles. The first kappa shape index (κ1) is 10.9. The van der Waals surface area contributed by atoms with E-state index >= 15 is 0 Å². The first-order chi connectivity index (χ1) is 6.50. The Bertz CT molecular complexity index is 394. The van der Waals surface area contributed by atoms with Gasteiger partial charge in [0.15, 0.2) is 0 Å². The summed E-state index contributed by atoms with van der Waals surface area (Å²) in [6.07, 6.45) is 0. The second-order valence-corrected chi connectivity index (χ2v) is 3.55. The van der Waals surface area contributed by atoms with E-state index in [1.807, 2.05) is 0 Å². The minimum atomic E-state index is -1.58.